The SMILES string of the molecule is CC(=O)c1ccc(NC(=O)C2CC2)cc1. The van der Waals surface area contributed by atoms with Crippen molar-refractivity contribution < 1.29 is 9.59 Å². The van der Waals surface area contributed by atoms with Crippen molar-refractivity contribution in [2.75, 3.05) is 5.32 Å². The van der Waals surface area contributed by atoms with E-state index in [1.807, 2.05) is 0 Å². The summed E-state index contributed by atoms with van der Waals surface area (Å²) in [4.78, 5) is 22.4. The van der Waals surface area contributed by atoms with Crippen molar-refractivity contribution in [3.8, 4) is 0 Å². The van der Waals surface area contributed by atoms with Crippen molar-refractivity contribution in [3.05, 3.63) is 29.8 Å². The van der Waals surface area contributed by atoms with Gasteiger partial charge in [-0.25, -0.2) is 0 Å². The highest BCUT2D eigenvalue weighted by Gasteiger charge is 2.29. The molecule has 1 amide bonds. The average Bonchev–Trinajstić information content (AvgIpc) is 3.01. The van der Waals surface area contributed by atoms with Crippen LogP contribution < -0.4 is 5.32 Å². The molecule has 78 valence electrons. The first kappa shape index (κ1) is 9.90. The van der Waals surface area contributed by atoms with Crippen LogP contribution in [0, 0.1) is 5.92 Å². The number of rotatable bonds is 3. The molecule has 1 N–H and O–H groups in total. The van der Waals surface area contributed by atoms with Crippen LogP contribution in [0.1, 0.15) is 30.1 Å². The zero-order chi connectivity index (χ0) is 10.8. The lowest BCUT2D eigenvalue weighted by atomic mass is 10.1. The maximum absolute atomic E-state index is 11.4. The zero-order valence-corrected chi connectivity index (χ0v) is 8.62. The number of amides is 1. The summed E-state index contributed by atoms with van der Waals surface area (Å²) in [6.45, 7) is 1.53. The quantitative estimate of drug-likeness (QED) is 0.766. The first-order chi connectivity index (χ1) is 7.16. The van der Waals surface area contributed by atoms with Gasteiger partial charge in [-0.3, -0.25) is 9.59 Å². The van der Waals surface area contributed by atoms with Gasteiger partial charge in [0.2, 0.25) is 5.91 Å². The van der Waals surface area contributed by atoms with Crippen LogP contribution in [0.5, 0.6) is 0 Å². The van der Waals surface area contributed by atoms with Crippen molar-refractivity contribution in [2.45, 2.75) is 19.8 Å². The Balaban J connectivity index is 2.03. The first-order valence-corrected chi connectivity index (χ1v) is 5.08. The zero-order valence-electron chi connectivity index (χ0n) is 8.62. The molecule has 1 aromatic carbocycles. The summed E-state index contributed by atoms with van der Waals surface area (Å²) in [5.74, 6) is 0.332. The lowest BCUT2D eigenvalue weighted by molar-refractivity contribution is -0.117. The summed E-state index contributed by atoms with van der Waals surface area (Å²) in [5.41, 5.74) is 1.43. The van der Waals surface area contributed by atoms with Gasteiger partial charge in [0, 0.05) is 17.2 Å². The molecule has 1 saturated carbocycles. The fraction of sp³-hybridized carbons (Fsp3) is 0.333. The lowest BCUT2D eigenvalue weighted by Crippen LogP contribution is -2.13. The molecular formula is C12H13NO2. The van der Waals surface area contributed by atoms with Crippen molar-refractivity contribution in [3.63, 3.8) is 0 Å². The van der Waals surface area contributed by atoms with E-state index in [9.17, 15) is 9.59 Å². The molecule has 0 bridgehead atoms. The third kappa shape index (κ3) is 2.43. The van der Waals surface area contributed by atoms with E-state index in [4.69, 9.17) is 0 Å². The molecule has 1 aliphatic carbocycles. The molecule has 1 aromatic rings. The number of benzene rings is 1. The fourth-order valence-electron chi connectivity index (χ4n) is 1.38. The standard InChI is InChI=1S/C12H13NO2/c1-8(14)9-4-6-11(7-5-9)13-12(15)10-2-3-10/h4-7,10H,2-3H2,1H3,(H,13,15). The second-order valence-electron chi connectivity index (χ2n) is 3.90. The van der Waals surface area contributed by atoms with Gasteiger partial charge >= 0.3 is 0 Å². The molecule has 0 saturated heterocycles. The lowest BCUT2D eigenvalue weighted by Gasteiger charge is -2.04. The Morgan fingerprint density at radius 1 is 1.20 bits per heavy atom. The van der Waals surface area contributed by atoms with Crippen LogP contribution in [0.4, 0.5) is 5.69 Å². The third-order valence-corrected chi connectivity index (χ3v) is 2.51. The summed E-state index contributed by atoms with van der Waals surface area (Å²) in [7, 11) is 0. The van der Waals surface area contributed by atoms with E-state index in [0.717, 1.165) is 18.5 Å². The largest absolute Gasteiger partial charge is 0.326 e. The summed E-state index contributed by atoms with van der Waals surface area (Å²) < 4.78 is 0. The predicted molar refractivity (Wildman–Crippen MR) is 57.8 cm³/mol. The van der Waals surface area contributed by atoms with Crippen molar-refractivity contribution >= 4 is 17.4 Å². The minimum atomic E-state index is 0.0371. The summed E-state index contributed by atoms with van der Waals surface area (Å²) in [6, 6.07) is 6.98. The molecule has 3 nitrogen and oxygen atoms in total. The highest BCUT2D eigenvalue weighted by atomic mass is 16.2. The number of carbonyl (C=O) groups excluding carboxylic acids is 2. The van der Waals surface area contributed by atoms with E-state index in [0.29, 0.717) is 5.56 Å². The fourth-order valence-corrected chi connectivity index (χ4v) is 1.38. The third-order valence-electron chi connectivity index (χ3n) is 2.51. The first-order valence-electron chi connectivity index (χ1n) is 5.08. The Morgan fingerprint density at radius 2 is 1.80 bits per heavy atom. The Kier molecular flexibility index (Phi) is 2.54. The van der Waals surface area contributed by atoms with Crippen molar-refractivity contribution in [2.24, 2.45) is 5.92 Å². The number of carbonyl (C=O) groups is 2. The monoisotopic (exact) mass is 203 g/mol. The van der Waals surface area contributed by atoms with Crippen LogP contribution in [0.2, 0.25) is 0 Å². The molecule has 3 heteroatoms. The Hall–Kier alpha value is -1.64. The van der Waals surface area contributed by atoms with E-state index < -0.39 is 0 Å². The molecule has 0 heterocycles. The van der Waals surface area contributed by atoms with Crippen molar-refractivity contribution in [1.29, 1.82) is 0 Å². The maximum Gasteiger partial charge on any atom is 0.227 e. The van der Waals surface area contributed by atoms with Crippen LogP contribution >= 0.6 is 0 Å². The molecule has 1 aliphatic rings. The van der Waals surface area contributed by atoms with E-state index in [2.05, 4.69) is 5.32 Å². The number of hydrogen-bond acceptors (Lipinski definition) is 2. The average molecular weight is 203 g/mol. The number of hydrogen-bond donors (Lipinski definition) is 1. The predicted octanol–water partition coefficient (Wildman–Crippen LogP) is 2.24. The highest BCUT2D eigenvalue weighted by molar-refractivity contribution is 5.96. The normalized spacial score (nSPS) is 14.7. The minimum absolute atomic E-state index is 0.0371. The second-order valence-corrected chi connectivity index (χ2v) is 3.90. The van der Waals surface area contributed by atoms with E-state index in [1.165, 1.54) is 6.92 Å². The van der Waals surface area contributed by atoms with Crippen LogP contribution in [-0.4, -0.2) is 11.7 Å². The molecule has 0 radical (unpaired) electrons. The van der Waals surface area contributed by atoms with Crippen LogP contribution in [0.25, 0.3) is 0 Å². The van der Waals surface area contributed by atoms with E-state index in [1.54, 1.807) is 24.3 Å². The molecule has 1 fully saturated rings. The number of ketones is 1. The molecule has 15 heavy (non-hydrogen) atoms. The van der Waals surface area contributed by atoms with Gasteiger partial charge in [-0.1, -0.05) is 0 Å². The number of Topliss-reactive ketones (excluding diaryl/α,β-unsaturated/α-hetero) is 1. The molecule has 0 aromatic heterocycles. The van der Waals surface area contributed by atoms with Crippen LogP contribution in [0.15, 0.2) is 24.3 Å². The number of anilines is 1. The second kappa shape index (κ2) is 3.85. The summed E-state index contributed by atoms with van der Waals surface area (Å²) in [6.07, 6.45) is 1.99. The maximum atomic E-state index is 11.4. The van der Waals surface area contributed by atoms with Gasteiger partial charge in [0.05, 0.1) is 0 Å². The van der Waals surface area contributed by atoms with Gasteiger partial charge < -0.3 is 5.32 Å². The van der Waals surface area contributed by atoms with Crippen molar-refractivity contribution in [1.82, 2.24) is 0 Å². The molecule has 0 unspecified atom stereocenters. The van der Waals surface area contributed by atoms with Gasteiger partial charge in [0.15, 0.2) is 5.78 Å². The van der Waals surface area contributed by atoms with Gasteiger partial charge in [0.1, 0.15) is 0 Å². The number of nitrogens with one attached hydrogen (secondary N) is 1. The molecule has 0 aliphatic heterocycles. The van der Waals surface area contributed by atoms with Gasteiger partial charge in [-0.05, 0) is 44.0 Å². The van der Waals surface area contributed by atoms with Crippen LogP contribution in [0.3, 0.4) is 0 Å². The molecule has 0 spiro atoms. The topological polar surface area (TPSA) is 46.2 Å². The molecule has 2 rings (SSSR count). The summed E-state index contributed by atoms with van der Waals surface area (Å²) >= 11 is 0. The highest BCUT2D eigenvalue weighted by Crippen LogP contribution is 2.30. The van der Waals surface area contributed by atoms with Gasteiger partial charge in [-0.2, -0.15) is 0 Å². The Labute approximate surface area is 88.5 Å². The van der Waals surface area contributed by atoms with Gasteiger partial charge in [0.25, 0.3) is 0 Å². The Bertz CT molecular complexity index is 391. The van der Waals surface area contributed by atoms with Gasteiger partial charge in [-0.15, -0.1) is 0 Å². The molecule has 0 atom stereocenters. The minimum Gasteiger partial charge on any atom is -0.326 e. The summed E-state index contributed by atoms with van der Waals surface area (Å²) in [5, 5.41) is 2.82. The van der Waals surface area contributed by atoms with E-state index in [-0.39, 0.29) is 17.6 Å². The Morgan fingerprint density at radius 3 is 2.27 bits per heavy atom. The van der Waals surface area contributed by atoms with Crippen LogP contribution in [-0.2, 0) is 4.79 Å². The molecular weight excluding hydrogens is 190 g/mol. The van der Waals surface area contributed by atoms with E-state index >= 15 is 0 Å². The smallest absolute Gasteiger partial charge is 0.227 e.